The van der Waals surface area contributed by atoms with Gasteiger partial charge in [0.1, 0.15) is 0 Å². The lowest BCUT2D eigenvalue weighted by Crippen LogP contribution is -2.12. The third-order valence-electron chi connectivity index (χ3n) is 4.36. The van der Waals surface area contributed by atoms with Gasteiger partial charge in [-0.2, -0.15) is 0 Å². The number of ether oxygens (including phenoxy) is 3. The molecule has 0 aliphatic carbocycles. The van der Waals surface area contributed by atoms with E-state index in [0.717, 1.165) is 6.26 Å². The van der Waals surface area contributed by atoms with Crippen LogP contribution in [0, 0.1) is 0 Å². The smallest absolute Gasteiger partial charge is 0.255 e. The molecule has 1 heterocycles. The number of anilines is 1. The maximum atomic E-state index is 12.8. The second kappa shape index (κ2) is 9.00. The lowest BCUT2D eigenvalue weighted by atomic mass is 10.1. The normalized spacial score (nSPS) is 11.0. The minimum absolute atomic E-state index is 0.108. The maximum Gasteiger partial charge on any atom is 0.255 e. The molecule has 162 valence electrons. The van der Waals surface area contributed by atoms with Crippen molar-refractivity contribution in [3.8, 4) is 28.5 Å². The first kappa shape index (κ1) is 22.0. The van der Waals surface area contributed by atoms with Gasteiger partial charge < -0.3 is 19.5 Å². The van der Waals surface area contributed by atoms with Gasteiger partial charge in [-0.25, -0.2) is 8.42 Å². The Morgan fingerprint density at radius 1 is 0.903 bits per heavy atom. The lowest BCUT2D eigenvalue weighted by Gasteiger charge is -2.14. The van der Waals surface area contributed by atoms with Crippen LogP contribution in [0.5, 0.6) is 17.2 Å². The number of amides is 1. The molecule has 0 radical (unpaired) electrons. The molecule has 1 aromatic heterocycles. The summed E-state index contributed by atoms with van der Waals surface area (Å²) in [4.78, 5) is 12.8. The van der Waals surface area contributed by atoms with E-state index in [1.807, 2.05) is 0 Å². The topological polar surface area (TPSA) is 117 Å². The molecule has 0 aliphatic heterocycles. The Bertz CT molecular complexity index is 1190. The predicted octanol–water partition coefficient (Wildman–Crippen LogP) is 2.83. The molecular formula is C21H21N3O6S. The number of benzene rings is 2. The van der Waals surface area contributed by atoms with Crippen molar-refractivity contribution in [1.82, 2.24) is 10.2 Å². The third kappa shape index (κ3) is 4.92. The number of aromatic nitrogens is 2. The van der Waals surface area contributed by atoms with Crippen LogP contribution in [-0.4, -0.2) is 52.1 Å². The summed E-state index contributed by atoms with van der Waals surface area (Å²) in [6.45, 7) is 0. The molecule has 0 aliphatic rings. The van der Waals surface area contributed by atoms with E-state index in [-0.39, 0.29) is 10.9 Å². The number of nitrogens with one attached hydrogen (secondary N) is 1. The Balaban J connectivity index is 1.87. The Hall–Kier alpha value is -3.66. The highest BCUT2D eigenvalue weighted by molar-refractivity contribution is 7.90. The van der Waals surface area contributed by atoms with E-state index in [1.165, 1.54) is 27.4 Å². The van der Waals surface area contributed by atoms with Gasteiger partial charge in [0.2, 0.25) is 5.75 Å². The molecule has 0 spiro atoms. The highest BCUT2D eigenvalue weighted by Crippen LogP contribution is 2.38. The zero-order valence-electron chi connectivity index (χ0n) is 17.4. The van der Waals surface area contributed by atoms with Crippen molar-refractivity contribution in [2.24, 2.45) is 0 Å². The largest absolute Gasteiger partial charge is 0.493 e. The Kier molecular flexibility index (Phi) is 6.40. The molecule has 9 nitrogen and oxygen atoms in total. The molecule has 10 heteroatoms. The summed E-state index contributed by atoms with van der Waals surface area (Å²) in [5, 5.41) is 10.4. The van der Waals surface area contributed by atoms with Crippen LogP contribution in [0.15, 0.2) is 53.6 Å². The summed E-state index contributed by atoms with van der Waals surface area (Å²) in [6.07, 6.45) is 1.07. The Labute approximate surface area is 179 Å². The van der Waals surface area contributed by atoms with Gasteiger partial charge in [-0.1, -0.05) is 12.1 Å². The summed E-state index contributed by atoms with van der Waals surface area (Å²) in [6, 6.07) is 13.0. The van der Waals surface area contributed by atoms with Crippen molar-refractivity contribution in [3.63, 3.8) is 0 Å². The van der Waals surface area contributed by atoms with Gasteiger partial charge >= 0.3 is 0 Å². The first-order chi connectivity index (χ1) is 14.8. The minimum atomic E-state index is -3.43. The van der Waals surface area contributed by atoms with Crippen molar-refractivity contribution >= 4 is 21.4 Å². The summed E-state index contributed by atoms with van der Waals surface area (Å²) < 4.78 is 38.9. The van der Waals surface area contributed by atoms with Crippen LogP contribution in [0.4, 0.5) is 5.69 Å². The zero-order valence-corrected chi connectivity index (χ0v) is 18.2. The fraction of sp³-hybridized carbons (Fsp3) is 0.190. The van der Waals surface area contributed by atoms with Gasteiger partial charge in [0.25, 0.3) is 5.91 Å². The number of rotatable bonds is 7. The molecule has 31 heavy (non-hydrogen) atoms. The lowest BCUT2D eigenvalue weighted by molar-refractivity contribution is 0.102. The van der Waals surface area contributed by atoms with E-state index in [9.17, 15) is 13.2 Å². The SMILES string of the molecule is COc1cc(C(=O)Nc2cccc(-c3ccc(S(C)(=O)=O)nn3)c2)cc(OC)c1OC. The average Bonchev–Trinajstić information content (AvgIpc) is 2.77. The van der Waals surface area contributed by atoms with Crippen molar-refractivity contribution in [2.45, 2.75) is 5.03 Å². The van der Waals surface area contributed by atoms with Crippen LogP contribution in [0.3, 0.4) is 0 Å². The van der Waals surface area contributed by atoms with Crippen LogP contribution in [0.2, 0.25) is 0 Å². The molecule has 0 saturated heterocycles. The summed E-state index contributed by atoms with van der Waals surface area (Å²) in [5.41, 5.74) is 1.97. The first-order valence-corrected chi connectivity index (χ1v) is 10.9. The van der Waals surface area contributed by atoms with Gasteiger partial charge in [-0.15, -0.1) is 10.2 Å². The third-order valence-corrected chi connectivity index (χ3v) is 5.34. The molecule has 0 saturated carbocycles. The van der Waals surface area contributed by atoms with Crippen molar-refractivity contribution in [1.29, 1.82) is 0 Å². The van der Waals surface area contributed by atoms with Crippen molar-refractivity contribution < 1.29 is 27.4 Å². The van der Waals surface area contributed by atoms with Crippen LogP contribution in [0.1, 0.15) is 10.4 Å². The molecule has 1 amide bonds. The molecule has 0 unspecified atom stereocenters. The average molecular weight is 443 g/mol. The number of carbonyl (C=O) groups is 1. The standard InChI is InChI=1S/C21H21N3O6S/c1-28-17-11-14(12-18(29-2)20(17)30-3)21(25)22-15-7-5-6-13(10-15)16-8-9-19(24-23-16)31(4,26)27/h5-12H,1-4H3,(H,22,25). The molecule has 3 aromatic rings. The van der Waals surface area contributed by atoms with Gasteiger partial charge in [-0.05, 0) is 36.4 Å². The highest BCUT2D eigenvalue weighted by atomic mass is 32.2. The summed E-state index contributed by atoms with van der Waals surface area (Å²) in [7, 11) is 0.992. The molecule has 0 bridgehead atoms. The highest BCUT2D eigenvalue weighted by Gasteiger charge is 2.17. The van der Waals surface area contributed by atoms with Crippen LogP contribution in [-0.2, 0) is 9.84 Å². The van der Waals surface area contributed by atoms with Crippen LogP contribution in [0.25, 0.3) is 11.3 Å². The zero-order chi connectivity index (χ0) is 22.6. The van der Waals surface area contributed by atoms with E-state index in [2.05, 4.69) is 15.5 Å². The van der Waals surface area contributed by atoms with E-state index in [4.69, 9.17) is 14.2 Å². The van der Waals surface area contributed by atoms with Crippen LogP contribution < -0.4 is 19.5 Å². The Morgan fingerprint density at radius 2 is 1.58 bits per heavy atom. The Morgan fingerprint density at radius 3 is 2.10 bits per heavy atom. The second-order valence-corrected chi connectivity index (χ2v) is 8.44. The number of sulfone groups is 1. The number of hydrogen-bond donors (Lipinski definition) is 1. The molecular weight excluding hydrogens is 422 g/mol. The summed E-state index contributed by atoms with van der Waals surface area (Å²) >= 11 is 0. The molecule has 0 atom stereocenters. The number of hydrogen-bond acceptors (Lipinski definition) is 8. The van der Waals surface area contributed by atoms with Crippen molar-refractivity contribution in [3.05, 3.63) is 54.1 Å². The van der Waals surface area contributed by atoms with Gasteiger partial charge in [-0.3, -0.25) is 4.79 Å². The van der Waals surface area contributed by atoms with Crippen LogP contribution >= 0.6 is 0 Å². The second-order valence-electron chi connectivity index (χ2n) is 6.48. The molecule has 0 fully saturated rings. The van der Waals surface area contributed by atoms with E-state index >= 15 is 0 Å². The molecule has 3 rings (SSSR count). The van der Waals surface area contributed by atoms with Gasteiger partial charge in [0, 0.05) is 23.1 Å². The number of carbonyl (C=O) groups excluding carboxylic acids is 1. The summed E-state index contributed by atoms with van der Waals surface area (Å²) in [5.74, 6) is 0.735. The van der Waals surface area contributed by atoms with Gasteiger partial charge in [0.15, 0.2) is 26.4 Å². The fourth-order valence-corrected chi connectivity index (χ4v) is 3.35. The molecule has 2 aromatic carbocycles. The number of methoxy groups -OCH3 is 3. The minimum Gasteiger partial charge on any atom is -0.493 e. The monoisotopic (exact) mass is 443 g/mol. The first-order valence-electron chi connectivity index (χ1n) is 9.02. The maximum absolute atomic E-state index is 12.8. The van der Waals surface area contributed by atoms with E-state index < -0.39 is 9.84 Å². The number of nitrogens with zero attached hydrogens (tertiary/aromatic N) is 2. The van der Waals surface area contributed by atoms with Crippen molar-refractivity contribution in [2.75, 3.05) is 32.9 Å². The fourth-order valence-electron chi connectivity index (χ4n) is 2.84. The van der Waals surface area contributed by atoms with E-state index in [0.29, 0.717) is 39.8 Å². The van der Waals surface area contributed by atoms with Gasteiger partial charge in [0.05, 0.1) is 27.0 Å². The predicted molar refractivity (Wildman–Crippen MR) is 115 cm³/mol. The quantitative estimate of drug-likeness (QED) is 0.592. The molecule has 1 N–H and O–H groups in total. The van der Waals surface area contributed by atoms with E-state index in [1.54, 1.807) is 42.5 Å².